The molecular weight excluding hydrogens is 596 g/mol. The molecule has 0 radical (unpaired) electrons. The van der Waals surface area contributed by atoms with Crippen molar-refractivity contribution in [2.24, 2.45) is 5.41 Å². The highest BCUT2D eigenvalue weighted by molar-refractivity contribution is 6.34. The minimum atomic E-state index is -1.96. The second-order valence-corrected chi connectivity index (χ2v) is 12.9. The van der Waals surface area contributed by atoms with Gasteiger partial charge in [0, 0.05) is 34.7 Å². The number of nitrogens with zero attached hydrogens (tertiary/aromatic N) is 1. The number of phenolic OH excluding ortho intramolecular Hbond substituents is 1. The molecule has 12 nitrogen and oxygen atoms in total. The lowest BCUT2D eigenvalue weighted by Gasteiger charge is -2.47. The number of ether oxygens (including phenoxy) is 2. The van der Waals surface area contributed by atoms with E-state index in [-0.39, 0.29) is 40.3 Å². The molecule has 3 aromatic rings. The van der Waals surface area contributed by atoms with Crippen molar-refractivity contribution >= 4 is 28.2 Å². The fourth-order valence-electron chi connectivity index (χ4n) is 7.50. The zero-order valence-corrected chi connectivity index (χ0v) is 25.1. The molecule has 7 rings (SSSR count). The quantitative estimate of drug-likeness (QED) is 0.151. The standard InChI is InChI=1S/C34H36N2O10/c1-16-11-19-23(20(38)12-16)27(41)25-21-13-18-17(24(25)26(19)40)5-10-35-31(18)36-14-22(39)33(6-3-2-4-7-33)8-9-34(15-37)30(44)28(42)29(43)32(45-21)46-34/h5,8-13,22,28-30,32,37-39,42-44H,2-4,6-7,14-15H2,1H3,(H,35,36)/b9-8+/t22-,28-,29-,30+,32-,34-/m1/s1. The summed E-state index contributed by atoms with van der Waals surface area (Å²) in [4.78, 5) is 32.8. The van der Waals surface area contributed by atoms with Crippen molar-refractivity contribution < 1.29 is 49.7 Å². The summed E-state index contributed by atoms with van der Waals surface area (Å²) < 4.78 is 12.2. The fourth-order valence-corrected chi connectivity index (χ4v) is 7.50. The van der Waals surface area contributed by atoms with Crippen LogP contribution in [-0.4, -0.2) is 96.6 Å². The van der Waals surface area contributed by atoms with Gasteiger partial charge >= 0.3 is 0 Å². The number of aliphatic hydroxyl groups excluding tert-OH is 5. The molecule has 1 saturated heterocycles. The lowest BCUT2D eigenvalue weighted by molar-refractivity contribution is -0.304. The predicted octanol–water partition coefficient (Wildman–Crippen LogP) is 1.87. The Balaban J connectivity index is 1.48. The monoisotopic (exact) mass is 632 g/mol. The molecule has 46 heavy (non-hydrogen) atoms. The number of hydrogen-bond donors (Lipinski definition) is 7. The molecule has 0 unspecified atom stereocenters. The summed E-state index contributed by atoms with van der Waals surface area (Å²) in [5.74, 6) is -1.55. The highest BCUT2D eigenvalue weighted by atomic mass is 16.7. The number of benzene rings is 2. The number of hydrogen-bond acceptors (Lipinski definition) is 12. The molecule has 1 spiro atoms. The number of phenols is 1. The predicted molar refractivity (Wildman–Crippen MR) is 164 cm³/mol. The molecule has 6 atom stereocenters. The number of aromatic hydroxyl groups is 1. The molecule has 2 fully saturated rings. The van der Waals surface area contributed by atoms with Crippen LogP contribution in [0.25, 0.3) is 10.8 Å². The van der Waals surface area contributed by atoms with E-state index < -0.39 is 59.9 Å². The van der Waals surface area contributed by atoms with E-state index in [4.69, 9.17) is 9.47 Å². The van der Waals surface area contributed by atoms with E-state index in [1.54, 1.807) is 19.1 Å². The maximum Gasteiger partial charge on any atom is 0.229 e. The lowest BCUT2D eigenvalue weighted by atomic mass is 9.69. The first-order chi connectivity index (χ1) is 22.0. The minimum absolute atomic E-state index is 0.0146. The lowest BCUT2D eigenvalue weighted by Crippen LogP contribution is -2.66. The smallest absolute Gasteiger partial charge is 0.229 e. The van der Waals surface area contributed by atoms with Gasteiger partial charge in [-0.25, -0.2) is 4.98 Å². The molecule has 3 heterocycles. The number of nitrogens with one attached hydrogen (secondary N) is 1. The SMILES string of the molecule is Cc1cc(O)c2c(c1)C(=O)c1c(c3cc4c(nccc14)NC[C@@H](O)C1(/C=C/[C@]4(CO)O[C@@H](O3)[C@H](O)[C@@H](O)[C@@H]4O)CCCCC1)C2=O. The number of carbonyl (C=O) groups is 2. The van der Waals surface area contributed by atoms with Gasteiger partial charge in [-0.3, -0.25) is 9.59 Å². The van der Waals surface area contributed by atoms with E-state index in [0.717, 1.165) is 19.3 Å². The van der Waals surface area contributed by atoms with Gasteiger partial charge in [0.2, 0.25) is 12.1 Å². The Morgan fingerprint density at radius 3 is 2.43 bits per heavy atom. The number of aryl methyl sites for hydroxylation is 1. The second kappa shape index (κ2) is 11.1. The summed E-state index contributed by atoms with van der Waals surface area (Å²) in [5.41, 5.74) is -2.58. The van der Waals surface area contributed by atoms with E-state index in [9.17, 15) is 40.2 Å². The normalized spacial score (nSPS) is 31.0. The number of aliphatic hydroxyl groups is 5. The summed E-state index contributed by atoms with van der Waals surface area (Å²) in [6.45, 7) is 0.918. The average Bonchev–Trinajstić information content (AvgIpc) is 3.05. The molecule has 2 aliphatic carbocycles. The van der Waals surface area contributed by atoms with E-state index in [1.165, 1.54) is 30.5 Å². The highest BCUT2D eigenvalue weighted by Crippen LogP contribution is 2.46. The Labute approximate surface area is 263 Å². The van der Waals surface area contributed by atoms with E-state index in [0.29, 0.717) is 35.0 Å². The molecule has 1 aromatic heterocycles. The van der Waals surface area contributed by atoms with Crippen LogP contribution in [0.3, 0.4) is 0 Å². The van der Waals surface area contributed by atoms with Gasteiger partial charge in [0.25, 0.3) is 0 Å². The Hall–Kier alpha value is -3.91. The Kier molecular flexibility index (Phi) is 7.42. The number of fused-ring (bicyclic) bond motifs is 7. The first kappa shape index (κ1) is 30.7. The number of β-amino-alcohol motifs (C(OH)–C–C–N with tert-alkyl or cyclic N) is 1. The van der Waals surface area contributed by atoms with Crippen LogP contribution in [0.4, 0.5) is 5.82 Å². The van der Waals surface area contributed by atoms with Crippen LogP contribution in [0.1, 0.15) is 69.5 Å². The first-order valence-electron chi connectivity index (χ1n) is 15.5. The van der Waals surface area contributed by atoms with Gasteiger partial charge in [-0.05, 0) is 55.0 Å². The van der Waals surface area contributed by atoms with Crippen LogP contribution in [-0.2, 0) is 4.74 Å². The molecule has 4 aliphatic rings. The van der Waals surface area contributed by atoms with Crippen LogP contribution in [0, 0.1) is 12.3 Å². The van der Waals surface area contributed by atoms with Crippen LogP contribution in [0.2, 0.25) is 0 Å². The molecule has 4 bridgehead atoms. The van der Waals surface area contributed by atoms with Gasteiger partial charge < -0.3 is 45.4 Å². The Morgan fingerprint density at radius 2 is 1.70 bits per heavy atom. The zero-order valence-electron chi connectivity index (χ0n) is 25.1. The zero-order chi connectivity index (χ0) is 32.5. The van der Waals surface area contributed by atoms with Gasteiger partial charge in [0.1, 0.15) is 41.2 Å². The van der Waals surface area contributed by atoms with E-state index in [2.05, 4.69) is 10.3 Å². The molecular formula is C34H36N2O10. The van der Waals surface area contributed by atoms with Crippen molar-refractivity contribution in [3.05, 3.63) is 70.4 Å². The van der Waals surface area contributed by atoms with Crippen molar-refractivity contribution in [3.8, 4) is 11.5 Å². The Morgan fingerprint density at radius 1 is 0.935 bits per heavy atom. The summed E-state index contributed by atoms with van der Waals surface area (Å²) in [5, 5.41) is 70.2. The molecule has 7 N–H and O–H groups in total. The number of pyridine rings is 1. The van der Waals surface area contributed by atoms with Gasteiger partial charge in [-0.2, -0.15) is 0 Å². The topological polar surface area (TPSA) is 199 Å². The maximum absolute atomic E-state index is 14.2. The molecule has 0 amide bonds. The third kappa shape index (κ3) is 4.55. The summed E-state index contributed by atoms with van der Waals surface area (Å²) in [6, 6.07) is 5.93. The van der Waals surface area contributed by atoms with Gasteiger partial charge in [-0.15, -0.1) is 0 Å². The highest BCUT2D eigenvalue weighted by Gasteiger charge is 2.54. The number of rotatable bonds is 1. The molecule has 12 heteroatoms. The minimum Gasteiger partial charge on any atom is -0.507 e. The van der Waals surface area contributed by atoms with Gasteiger partial charge in [0.15, 0.2) is 5.78 Å². The van der Waals surface area contributed by atoms with Crippen molar-refractivity contribution in [2.75, 3.05) is 18.5 Å². The summed E-state index contributed by atoms with van der Waals surface area (Å²) >= 11 is 0. The van der Waals surface area contributed by atoms with Crippen LogP contribution < -0.4 is 10.1 Å². The largest absolute Gasteiger partial charge is 0.507 e. The second-order valence-electron chi connectivity index (χ2n) is 12.9. The molecule has 2 aromatic carbocycles. The maximum atomic E-state index is 14.2. The number of carbonyl (C=O) groups excluding carboxylic acids is 2. The van der Waals surface area contributed by atoms with Crippen molar-refractivity contribution in [3.63, 3.8) is 0 Å². The third-order valence-corrected chi connectivity index (χ3v) is 10.1. The van der Waals surface area contributed by atoms with Gasteiger partial charge in [0.05, 0.1) is 23.8 Å². The first-order valence-corrected chi connectivity index (χ1v) is 15.5. The fraction of sp³-hybridized carbons (Fsp3) is 0.441. The van der Waals surface area contributed by atoms with Crippen molar-refractivity contribution in [1.82, 2.24) is 4.98 Å². The van der Waals surface area contributed by atoms with Gasteiger partial charge in [-0.1, -0.05) is 31.4 Å². The number of ketones is 2. The molecule has 1 saturated carbocycles. The van der Waals surface area contributed by atoms with Crippen LogP contribution in [0.15, 0.2) is 42.6 Å². The molecule has 242 valence electrons. The number of aromatic nitrogens is 1. The number of anilines is 1. The van der Waals surface area contributed by atoms with Crippen LogP contribution >= 0.6 is 0 Å². The Bertz CT molecular complexity index is 1780. The summed E-state index contributed by atoms with van der Waals surface area (Å²) in [6.07, 6.45) is 0.293. The summed E-state index contributed by atoms with van der Waals surface area (Å²) in [7, 11) is 0. The van der Waals surface area contributed by atoms with Crippen molar-refractivity contribution in [1.29, 1.82) is 0 Å². The van der Waals surface area contributed by atoms with E-state index in [1.807, 2.05) is 0 Å². The van der Waals surface area contributed by atoms with E-state index >= 15 is 0 Å². The third-order valence-electron chi connectivity index (χ3n) is 10.1. The van der Waals surface area contributed by atoms with Crippen molar-refractivity contribution in [2.45, 2.75) is 75.3 Å². The van der Waals surface area contributed by atoms with Crippen LogP contribution in [0.5, 0.6) is 11.5 Å². The molecule has 2 aliphatic heterocycles. The average molecular weight is 633 g/mol.